The number of likely N-dealkylation sites (tertiary alicyclic amines) is 1. The van der Waals surface area contributed by atoms with Crippen molar-refractivity contribution in [3.63, 3.8) is 0 Å². The van der Waals surface area contributed by atoms with Gasteiger partial charge in [0, 0.05) is 25.2 Å². The summed E-state index contributed by atoms with van der Waals surface area (Å²) in [6, 6.07) is 1.30. The van der Waals surface area contributed by atoms with Crippen LogP contribution in [-0.4, -0.2) is 62.2 Å². The maximum atomic E-state index is 3.74. The smallest absolute Gasteiger partial charge is 0.0243 e. The molecule has 0 radical (unpaired) electrons. The summed E-state index contributed by atoms with van der Waals surface area (Å²) in [6.07, 6.45) is 3.90. The van der Waals surface area contributed by atoms with Crippen molar-refractivity contribution in [3.8, 4) is 0 Å². The number of hydrogen-bond donors (Lipinski definition) is 1. The molecule has 114 valence electrons. The highest BCUT2D eigenvalue weighted by molar-refractivity contribution is 4.86. The van der Waals surface area contributed by atoms with Crippen LogP contribution in [0.1, 0.15) is 47.0 Å². The highest BCUT2D eigenvalue weighted by Gasteiger charge is 2.28. The highest BCUT2D eigenvalue weighted by Crippen LogP contribution is 2.22. The van der Waals surface area contributed by atoms with Crippen LogP contribution in [-0.2, 0) is 0 Å². The van der Waals surface area contributed by atoms with E-state index in [1.165, 1.54) is 32.4 Å². The maximum Gasteiger partial charge on any atom is 0.0243 e. The molecule has 19 heavy (non-hydrogen) atoms. The van der Waals surface area contributed by atoms with E-state index >= 15 is 0 Å². The molecule has 0 bridgehead atoms. The molecule has 1 N–H and O–H groups in total. The van der Waals surface area contributed by atoms with Crippen molar-refractivity contribution < 1.29 is 0 Å². The molecule has 1 aliphatic heterocycles. The first-order chi connectivity index (χ1) is 8.84. The lowest BCUT2D eigenvalue weighted by Crippen LogP contribution is -2.53. The van der Waals surface area contributed by atoms with E-state index in [4.69, 9.17) is 0 Å². The lowest BCUT2D eigenvalue weighted by atomic mass is 9.86. The molecule has 1 heterocycles. The van der Waals surface area contributed by atoms with Crippen molar-refractivity contribution in [1.29, 1.82) is 0 Å². The van der Waals surface area contributed by atoms with Gasteiger partial charge >= 0.3 is 0 Å². The molecule has 2 unspecified atom stereocenters. The molecule has 0 amide bonds. The summed E-state index contributed by atoms with van der Waals surface area (Å²) in [7, 11) is 4.55. The van der Waals surface area contributed by atoms with Gasteiger partial charge < -0.3 is 15.1 Å². The molecule has 0 aromatic rings. The minimum atomic E-state index is 0.323. The second-order valence-electron chi connectivity index (χ2n) is 7.37. The Labute approximate surface area is 120 Å². The predicted octanol–water partition coefficient (Wildman–Crippen LogP) is 2.43. The van der Waals surface area contributed by atoms with E-state index in [1.54, 1.807) is 0 Å². The molecular formula is C16H35N3. The van der Waals surface area contributed by atoms with E-state index in [9.17, 15) is 0 Å². The monoisotopic (exact) mass is 269 g/mol. The summed E-state index contributed by atoms with van der Waals surface area (Å²) >= 11 is 0. The van der Waals surface area contributed by atoms with Gasteiger partial charge in [-0.15, -0.1) is 0 Å². The fourth-order valence-electron chi connectivity index (χ4n) is 2.90. The summed E-state index contributed by atoms with van der Waals surface area (Å²) in [5.74, 6) is 0. The van der Waals surface area contributed by atoms with Gasteiger partial charge in [-0.25, -0.2) is 0 Å². The highest BCUT2D eigenvalue weighted by atomic mass is 15.2. The van der Waals surface area contributed by atoms with Crippen molar-refractivity contribution >= 4 is 0 Å². The summed E-state index contributed by atoms with van der Waals surface area (Å²) in [4.78, 5) is 5.05. The third-order valence-electron chi connectivity index (χ3n) is 4.38. The van der Waals surface area contributed by atoms with E-state index in [0.717, 1.165) is 19.1 Å². The number of nitrogens with zero attached hydrogens (tertiary/aromatic N) is 2. The Balaban J connectivity index is 2.52. The minimum Gasteiger partial charge on any atom is -0.312 e. The topological polar surface area (TPSA) is 18.5 Å². The zero-order valence-electron chi connectivity index (χ0n) is 14.0. The first kappa shape index (κ1) is 16.9. The Bertz CT molecular complexity index is 247. The van der Waals surface area contributed by atoms with E-state index in [2.05, 4.69) is 56.9 Å². The van der Waals surface area contributed by atoms with E-state index < -0.39 is 0 Å². The maximum absolute atomic E-state index is 3.74. The van der Waals surface area contributed by atoms with Crippen LogP contribution in [0.4, 0.5) is 0 Å². The molecule has 3 nitrogen and oxygen atoms in total. The Hall–Kier alpha value is -0.120. The molecule has 0 aromatic carbocycles. The number of hydrogen-bond acceptors (Lipinski definition) is 3. The van der Waals surface area contributed by atoms with Gasteiger partial charge in [-0.05, 0) is 51.9 Å². The SMILES string of the molecule is CCCNC(CN(C)C1CCCN(C)C1)C(C)(C)C. The van der Waals surface area contributed by atoms with Gasteiger partial charge in [0.15, 0.2) is 0 Å². The van der Waals surface area contributed by atoms with Gasteiger partial charge in [-0.3, -0.25) is 0 Å². The second-order valence-corrected chi connectivity index (χ2v) is 7.37. The first-order valence-electron chi connectivity index (χ1n) is 7.96. The van der Waals surface area contributed by atoms with Gasteiger partial charge in [0.1, 0.15) is 0 Å². The molecule has 0 spiro atoms. The third-order valence-corrected chi connectivity index (χ3v) is 4.38. The van der Waals surface area contributed by atoms with Gasteiger partial charge in [-0.2, -0.15) is 0 Å². The van der Waals surface area contributed by atoms with E-state index in [0.29, 0.717) is 11.5 Å². The summed E-state index contributed by atoms with van der Waals surface area (Å²) < 4.78 is 0. The average molecular weight is 269 g/mol. The Morgan fingerprint density at radius 2 is 2.05 bits per heavy atom. The van der Waals surface area contributed by atoms with Gasteiger partial charge in [-0.1, -0.05) is 27.7 Å². The zero-order chi connectivity index (χ0) is 14.5. The molecule has 2 atom stereocenters. The normalized spacial score (nSPS) is 23.8. The fourth-order valence-corrected chi connectivity index (χ4v) is 2.90. The van der Waals surface area contributed by atoms with E-state index in [-0.39, 0.29) is 0 Å². The van der Waals surface area contributed by atoms with Crippen LogP contribution in [0.25, 0.3) is 0 Å². The van der Waals surface area contributed by atoms with Crippen molar-refractivity contribution in [3.05, 3.63) is 0 Å². The summed E-state index contributed by atoms with van der Waals surface area (Å²) in [5.41, 5.74) is 0.323. The van der Waals surface area contributed by atoms with Crippen molar-refractivity contribution in [2.45, 2.75) is 59.0 Å². The molecule has 0 aromatic heterocycles. The molecule has 1 rings (SSSR count). The number of rotatable bonds is 6. The first-order valence-corrected chi connectivity index (χ1v) is 7.96. The van der Waals surface area contributed by atoms with Crippen LogP contribution in [0.15, 0.2) is 0 Å². The average Bonchev–Trinajstić information content (AvgIpc) is 2.32. The number of nitrogens with one attached hydrogen (secondary N) is 1. The minimum absolute atomic E-state index is 0.323. The standard InChI is InChI=1S/C16H35N3/c1-7-10-17-15(16(2,3)4)13-19(6)14-9-8-11-18(5)12-14/h14-15,17H,7-13H2,1-6H3. The molecule has 0 aliphatic carbocycles. The molecule has 1 aliphatic rings. The predicted molar refractivity (Wildman–Crippen MR) is 84.7 cm³/mol. The molecule has 0 saturated carbocycles. The van der Waals surface area contributed by atoms with Crippen LogP contribution in [0.3, 0.4) is 0 Å². The lowest BCUT2D eigenvalue weighted by Gasteiger charge is -2.40. The molecular weight excluding hydrogens is 234 g/mol. The quantitative estimate of drug-likeness (QED) is 0.799. The zero-order valence-corrected chi connectivity index (χ0v) is 14.0. The van der Waals surface area contributed by atoms with Crippen molar-refractivity contribution in [1.82, 2.24) is 15.1 Å². The van der Waals surface area contributed by atoms with Gasteiger partial charge in [0.05, 0.1) is 0 Å². The van der Waals surface area contributed by atoms with Crippen molar-refractivity contribution in [2.24, 2.45) is 5.41 Å². The molecule has 1 saturated heterocycles. The lowest BCUT2D eigenvalue weighted by molar-refractivity contribution is 0.105. The van der Waals surface area contributed by atoms with Crippen LogP contribution in [0.5, 0.6) is 0 Å². The third kappa shape index (κ3) is 5.80. The van der Waals surface area contributed by atoms with Crippen LogP contribution in [0.2, 0.25) is 0 Å². The van der Waals surface area contributed by atoms with Crippen LogP contribution < -0.4 is 5.32 Å². The van der Waals surface area contributed by atoms with Crippen LogP contribution >= 0.6 is 0 Å². The summed E-state index contributed by atoms with van der Waals surface area (Å²) in [6.45, 7) is 14.1. The second kappa shape index (κ2) is 7.61. The molecule has 3 heteroatoms. The van der Waals surface area contributed by atoms with Gasteiger partial charge in [0.25, 0.3) is 0 Å². The largest absolute Gasteiger partial charge is 0.312 e. The van der Waals surface area contributed by atoms with Gasteiger partial charge in [0.2, 0.25) is 0 Å². The fraction of sp³-hybridized carbons (Fsp3) is 1.00. The number of piperidine rings is 1. The Kier molecular flexibility index (Phi) is 6.78. The number of likely N-dealkylation sites (N-methyl/N-ethyl adjacent to an activating group) is 2. The Morgan fingerprint density at radius 1 is 1.37 bits per heavy atom. The summed E-state index contributed by atoms with van der Waals surface area (Å²) in [5, 5.41) is 3.74. The van der Waals surface area contributed by atoms with Crippen LogP contribution in [0, 0.1) is 5.41 Å². The Morgan fingerprint density at radius 3 is 2.58 bits per heavy atom. The van der Waals surface area contributed by atoms with Crippen molar-refractivity contribution in [2.75, 3.05) is 40.3 Å². The van der Waals surface area contributed by atoms with E-state index in [1.807, 2.05) is 0 Å². The molecule has 1 fully saturated rings.